The molecule has 0 aromatic carbocycles. The Balaban J connectivity index is 1.53. The van der Waals surface area contributed by atoms with E-state index in [0.29, 0.717) is 0 Å². The van der Waals surface area contributed by atoms with Crippen LogP contribution in [-0.4, -0.2) is 30.1 Å². The molecule has 6 aromatic rings. The Hall–Kier alpha value is -3.84. The molecule has 0 amide bonds. The third-order valence-corrected chi connectivity index (χ3v) is 5.66. The maximum Gasteiger partial charge on any atom is 0.135 e. The van der Waals surface area contributed by atoms with Crippen LogP contribution in [0.15, 0.2) is 71.8 Å². The standard InChI is InChI=1S/C22H14N6S/c1-2-18-21(26-16(1)13-3-7-23-8-4-13)22(28-27-18)19-11-15-17(25-19)5-9-24-20(15)14-6-10-29-12-14/h1-12,25H,(H,27,28). The van der Waals surface area contributed by atoms with Crippen LogP contribution in [0.3, 0.4) is 0 Å². The number of aromatic nitrogens is 6. The van der Waals surface area contributed by atoms with Crippen molar-refractivity contribution in [2.24, 2.45) is 0 Å². The average molecular weight is 394 g/mol. The fourth-order valence-electron chi connectivity index (χ4n) is 3.58. The van der Waals surface area contributed by atoms with Gasteiger partial charge in [0.1, 0.15) is 11.2 Å². The van der Waals surface area contributed by atoms with Crippen LogP contribution in [0.2, 0.25) is 0 Å². The Morgan fingerprint density at radius 3 is 2.62 bits per heavy atom. The van der Waals surface area contributed by atoms with Crippen molar-refractivity contribution in [3.05, 3.63) is 71.8 Å². The van der Waals surface area contributed by atoms with E-state index >= 15 is 0 Å². The van der Waals surface area contributed by atoms with Gasteiger partial charge in [-0.2, -0.15) is 16.4 Å². The summed E-state index contributed by atoms with van der Waals surface area (Å²) in [7, 11) is 0. The maximum absolute atomic E-state index is 4.87. The van der Waals surface area contributed by atoms with Crippen LogP contribution >= 0.6 is 11.3 Å². The van der Waals surface area contributed by atoms with Crippen LogP contribution in [0, 0.1) is 0 Å². The van der Waals surface area contributed by atoms with E-state index in [1.807, 2.05) is 36.5 Å². The van der Waals surface area contributed by atoms with Crippen LogP contribution in [0.1, 0.15) is 0 Å². The molecule has 0 aliphatic heterocycles. The Kier molecular flexibility index (Phi) is 3.54. The number of rotatable bonds is 3. The second kappa shape index (κ2) is 6.35. The van der Waals surface area contributed by atoms with Gasteiger partial charge in [-0.3, -0.25) is 15.1 Å². The number of H-pyrrole nitrogens is 2. The number of aromatic amines is 2. The largest absolute Gasteiger partial charge is 0.353 e. The van der Waals surface area contributed by atoms with E-state index in [1.165, 1.54) is 0 Å². The average Bonchev–Trinajstić information content (AvgIpc) is 3.52. The van der Waals surface area contributed by atoms with E-state index in [-0.39, 0.29) is 0 Å². The van der Waals surface area contributed by atoms with Crippen molar-refractivity contribution in [2.75, 3.05) is 0 Å². The molecule has 29 heavy (non-hydrogen) atoms. The normalized spacial score (nSPS) is 11.4. The van der Waals surface area contributed by atoms with Crippen molar-refractivity contribution in [1.29, 1.82) is 0 Å². The predicted molar refractivity (Wildman–Crippen MR) is 116 cm³/mol. The predicted octanol–water partition coefficient (Wildman–Crippen LogP) is 5.29. The van der Waals surface area contributed by atoms with Crippen molar-refractivity contribution in [1.82, 2.24) is 30.1 Å². The van der Waals surface area contributed by atoms with E-state index < -0.39 is 0 Å². The highest BCUT2D eigenvalue weighted by molar-refractivity contribution is 7.08. The SMILES string of the molecule is c1cc(-c2ccc3[nH]nc(-c4cc5c(-c6ccsc6)nccc5[nH]4)c3n2)ccn1. The molecule has 0 aliphatic carbocycles. The molecular formula is C22H14N6S. The van der Waals surface area contributed by atoms with Gasteiger partial charge in [0, 0.05) is 46.0 Å². The van der Waals surface area contributed by atoms with Crippen LogP contribution < -0.4 is 0 Å². The highest BCUT2D eigenvalue weighted by atomic mass is 32.1. The van der Waals surface area contributed by atoms with Gasteiger partial charge in [-0.1, -0.05) is 0 Å². The number of nitrogens with one attached hydrogen (secondary N) is 2. The number of nitrogens with zero attached hydrogens (tertiary/aromatic N) is 4. The lowest BCUT2D eigenvalue weighted by Gasteiger charge is -2.00. The number of fused-ring (bicyclic) bond motifs is 2. The molecule has 0 spiro atoms. The second-order valence-corrected chi connectivity index (χ2v) is 7.50. The van der Waals surface area contributed by atoms with E-state index in [0.717, 1.165) is 55.8 Å². The molecule has 6 aromatic heterocycles. The minimum Gasteiger partial charge on any atom is -0.353 e. The molecule has 0 fully saturated rings. The zero-order valence-electron chi connectivity index (χ0n) is 15.1. The van der Waals surface area contributed by atoms with Gasteiger partial charge in [0.05, 0.1) is 22.6 Å². The van der Waals surface area contributed by atoms with E-state index in [9.17, 15) is 0 Å². The van der Waals surface area contributed by atoms with E-state index in [1.54, 1.807) is 23.7 Å². The lowest BCUT2D eigenvalue weighted by Crippen LogP contribution is -1.86. The molecule has 6 heterocycles. The van der Waals surface area contributed by atoms with Crippen molar-refractivity contribution in [3.63, 3.8) is 0 Å². The van der Waals surface area contributed by atoms with Crippen molar-refractivity contribution in [3.8, 4) is 33.9 Å². The lowest BCUT2D eigenvalue weighted by atomic mass is 10.1. The highest BCUT2D eigenvalue weighted by Crippen LogP contribution is 2.33. The Morgan fingerprint density at radius 1 is 0.828 bits per heavy atom. The molecule has 0 bridgehead atoms. The first-order chi connectivity index (χ1) is 14.4. The minimum absolute atomic E-state index is 0.795. The van der Waals surface area contributed by atoms with Gasteiger partial charge >= 0.3 is 0 Å². The zero-order chi connectivity index (χ0) is 19.2. The summed E-state index contributed by atoms with van der Waals surface area (Å²) in [6.45, 7) is 0. The first-order valence-electron chi connectivity index (χ1n) is 9.13. The van der Waals surface area contributed by atoms with Crippen LogP contribution in [-0.2, 0) is 0 Å². The molecule has 0 radical (unpaired) electrons. The van der Waals surface area contributed by atoms with Crippen molar-refractivity contribution >= 4 is 33.3 Å². The minimum atomic E-state index is 0.795. The third-order valence-electron chi connectivity index (χ3n) is 4.98. The van der Waals surface area contributed by atoms with Crippen LogP contribution in [0.25, 0.3) is 55.8 Å². The van der Waals surface area contributed by atoms with Crippen LogP contribution in [0.4, 0.5) is 0 Å². The molecule has 6 nitrogen and oxygen atoms in total. The monoisotopic (exact) mass is 394 g/mol. The third kappa shape index (κ3) is 2.63. The molecule has 2 N–H and O–H groups in total. The van der Waals surface area contributed by atoms with Gasteiger partial charge in [-0.25, -0.2) is 4.98 Å². The fourth-order valence-corrected chi connectivity index (χ4v) is 4.22. The molecule has 0 saturated carbocycles. The quantitative estimate of drug-likeness (QED) is 0.427. The van der Waals surface area contributed by atoms with Gasteiger partial charge in [-0.05, 0) is 47.8 Å². The molecular weight excluding hydrogens is 380 g/mol. The molecule has 0 unspecified atom stereocenters. The van der Waals surface area contributed by atoms with E-state index in [4.69, 9.17) is 4.98 Å². The highest BCUT2D eigenvalue weighted by Gasteiger charge is 2.16. The van der Waals surface area contributed by atoms with Gasteiger partial charge in [0.2, 0.25) is 0 Å². The summed E-state index contributed by atoms with van der Waals surface area (Å²) in [5, 5.41) is 12.9. The summed E-state index contributed by atoms with van der Waals surface area (Å²) in [6, 6.07) is 14.1. The smallest absolute Gasteiger partial charge is 0.135 e. The molecule has 7 heteroatoms. The summed E-state index contributed by atoms with van der Waals surface area (Å²) in [5.41, 5.74) is 8.46. The van der Waals surface area contributed by atoms with Gasteiger partial charge in [-0.15, -0.1) is 0 Å². The summed E-state index contributed by atoms with van der Waals surface area (Å²) < 4.78 is 0. The Labute approximate surface area is 169 Å². The molecule has 138 valence electrons. The second-order valence-electron chi connectivity index (χ2n) is 6.72. The summed E-state index contributed by atoms with van der Waals surface area (Å²) in [5.74, 6) is 0. The van der Waals surface area contributed by atoms with E-state index in [2.05, 4.69) is 48.0 Å². The summed E-state index contributed by atoms with van der Waals surface area (Å²) in [4.78, 5) is 17.0. The maximum atomic E-state index is 4.87. The molecule has 0 atom stereocenters. The molecule has 6 rings (SSSR count). The summed E-state index contributed by atoms with van der Waals surface area (Å²) >= 11 is 1.67. The number of pyridine rings is 3. The fraction of sp³-hybridized carbons (Fsp3) is 0. The van der Waals surface area contributed by atoms with Crippen molar-refractivity contribution < 1.29 is 0 Å². The topological polar surface area (TPSA) is 83.1 Å². The zero-order valence-corrected chi connectivity index (χ0v) is 15.9. The van der Waals surface area contributed by atoms with Gasteiger partial charge in [0.25, 0.3) is 0 Å². The number of thiophene rings is 1. The number of hydrogen-bond acceptors (Lipinski definition) is 5. The van der Waals surface area contributed by atoms with Crippen molar-refractivity contribution in [2.45, 2.75) is 0 Å². The number of hydrogen-bond donors (Lipinski definition) is 2. The first kappa shape index (κ1) is 16.1. The van der Waals surface area contributed by atoms with Crippen LogP contribution in [0.5, 0.6) is 0 Å². The molecule has 0 aliphatic rings. The Bertz CT molecular complexity index is 1450. The first-order valence-corrected chi connectivity index (χ1v) is 10.1. The molecule has 0 saturated heterocycles. The summed E-state index contributed by atoms with van der Waals surface area (Å²) in [6.07, 6.45) is 5.38. The van der Waals surface area contributed by atoms with Gasteiger partial charge < -0.3 is 4.98 Å². The van der Waals surface area contributed by atoms with Gasteiger partial charge in [0.15, 0.2) is 0 Å². The Morgan fingerprint density at radius 2 is 1.76 bits per heavy atom. The lowest BCUT2D eigenvalue weighted by molar-refractivity contribution is 1.12.